The summed E-state index contributed by atoms with van der Waals surface area (Å²) < 4.78 is 0. The highest BCUT2D eigenvalue weighted by Gasteiger charge is 2.08. The first-order chi connectivity index (χ1) is 14.3. The number of amides is 1. The minimum atomic E-state index is -0.160. The van der Waals surface area contributed by atoms with E-state index in [4.69, 9.17) is 0 Å². The number of benzene rings is 2. The number of imidazole rings is 1. The van der Waals surface area contributed by atoms with Crippen LogP contribution in [0.25, 0.3) is 0 Å². The van der Waals surface area contributed by atoms with E-state index in [1.807, 2.05) is 42.6 Å². The van der Waals surface area contributed by atoms with Gasteiger partial charge in [0.05, 0.1) is 12.0 Å². The predicted octanol–water partition coefficient (Wildman–Crippen LogP) is 3.35. The molecule has 0 aliphatic rings. The predicted molar refractivity (Wildman–Crippen MR) is 116 cm³/mol. The first-order valence-corrected chi connectivity index (χ1v) is 9.97. The Labute approximate surface area is 171 Å². The van der Waals surface area contributed by atoms with E-state index in [2.05, 4.69) is 37.7 Å². The van der Waals surface area contributed by atoms with Gasteiger partial charge in [-0.25, -0.2) is 4.98 Å². The van der Waals surface area contributed by atoms with Crippen LogP contribution in [0.2, 0.25) is 0 Å². The molecule has 6 nitrogen and oxygen atoms in total. The molecule has 0 atom stereocenters. The van der Waals surface area contributed by atoms with Gasteiger partial charge in [0, 0.05) is 24.8 Å². The lowest BCUT2D eigenvalue weighted by molar-refractivity contribution is 0.0975. The first kappa shape index (κ1) is 20.3. The summed E-state index contributed by atoms with van der Waals surface area (Å²) in [5.74, 6) is 0.362. The Balaban J connectivity index is 1.51. The van der Waals surface area contributed by atoms with Crippen LogP contribution in [0.3, 0.4) is 0 Å². The van der Waals surface area contributed by atoms with Crippen molar-refractivity contribution in [1.29, 1.82) is 0 Å². The van der Waals surface area contributed by atoms with Crippen LogP contribution in [0.5, 0.6) is 0 Å². The van der Waals surface area contributed by atoms with Gasteiger partial charge >= 0.3 is 0 Å². The molecule has 0 fully saturated rings. The maximum atomic E-state index is 12.5. The molecule has 0 bridgehead atoms. The number of nitrogens with zero attached hydrogens (tertiary/aromatic N) is 2. The second kappa shape index (κ2) is 11.4. The fourth-order valence-electron chi connectivity index (χ4n) is 2.93. The lowest BCUT2D eigenvalue weighted by atomic mass is 10.1. The summed E-state index contributed by atoms with van der Waals surface area (Å²) in [6, 6.07) is 19.5. The lowest BCUT2D eigenvalue weighted by Gasteiger charge is -2.12. The largest absolute Gasteiger partial charge is 0.356 e. The van der Waals surface area contributed by atoms with Crippen LogP contribution in [0, 0.1) is 0 Å². The van der Waals surface area contributed by atoms with Gasteiger partial charge in [-0.2, -0.15) is 0 Å². The zero-order chi connectivity index (χ0) is 20.2. The lowest BCUT2D eigenvalue weighted by Crippen LogP contribution is -2.41. The second-order valence-electron chi connectivity index (χ2n) is 6.73. The number of guanidine groups is 1. The van der Waals surface area contributed by atoms with Crippen LogP contribution >= 0.6 is 0 Å². The van der Waals surface area contributed by atoms with Gasteiger partial charge in [0.2, 0.25) is 0 Å². The number of aryl methyl sites for hydroxylation is 2. The molecule has 3 aromatic rings. The number of aromatic amines is 1. The van der Waals surface area contributed by atoms with Crippen LogP contribution < -0.4 is 10.6 Å². The van der Waals surface area contributed by atoms with Crippen LogP contribution in [-0.2, 0) is 12.8 Å². The van der Waals surface area contributed by atoms with E-state index in [0.29, 0.717) is 24.6 Å². The summed E-state index contributed by atoms with van der Waals surface area (Å²) in [4.78, 5) is 24.3. The average molecular weight is 390 g/mol. The molecule has 29 heavy (non-hydrogen) atoms. The van der Waals surface area contributed by atoms with Crippen molar-refractivity contribution in [2.45, 2.75) is 25.7 Å². The van der Waals surface area contributed by atoms with Crippen molar-refractivity contribution in [2.24, 2.45) is 4.99 Å². The zero-order valence-corrected chi connectivity index (χ0v) is 16.5. The summed E-state index contributed by atoms with van der Waals surface area (Å²) in [5.41, 5.74) is 2.94. The molecule has 150 valence electrons. The average Bonchev–Trinajstić information content (AvgIpc) is 3.29. The van der Waals surface area contributed by atoms with Crippen molar-refractivity contribution in [2.75, 3.05) is 13.1 Å². The van der Waals surface area contributed by atoms with Crippen molar-refractivity contribution < 1.29 is 4.79 Å². The Kier molecular flexibility index (Phi) is 8.02. The number of aromatic nitrogens is 2. The molecule has 0 radical (unpaired) electrons. The van der Waals surface area contributed by atoms with E-state index in [9.17, 15) is 4.79 Å². The van der Waals surface area contributed by atoms with Crippen molar-refractivity contribution in [3.8, 4) is 0 Å². The molecule has 3 rings (SSSR count). The van der Waals surface area contributed by atoms with Crippen molar-refractivity contribution in [3.05, 3.63) is 90.0 Å². The normalized spacial score (nSPS) is 11.2. The first-order valence-electron chi connectivity index (χ1n) is 9.97. The summed E-state index contributed by atoms with van der Waals surface area (Å²) >= 11 is 0. The number of H-pyrrole nitrogens is 1. The molecular weight excluding hydrogens is 362 g/mol. The van der Waals surface area contributed by atoms with Gasteiger partial charge in [0.1, 0.15) is 0 Å². The quantitative estimate of drug-likeness (QED) is 0.298. The summed E-state index contributed by atoms with van der Waals surface area (Å²) in [7, 11) is 0. The second-order valence-corrected chi connectivity index (χ2v) is 6.73. The molecule has 0 aliphatic heterocycles. The molecule has 0 unspecified atom stereocenters. The van der Waals surface area contributed by atoms with E-state index >= 15 is 0 Å². The highest BCUT2D eigenvalue weighted by atomic mass is 16.1. The van der Waals surface area contributed by atoms with Gasteiger partial charge in [0.25, 0.3) is 5.91 Å². The monoisotopic (exact) mass is 389 g/mol. The molecule has 6 heteroatoms. The third-order valence-corrected chi connectivity index (χ3v) is 4.46. The molecule has 3 N–H and O–H groups in total. The van der Waals surface area contributed by atoms with Crippen molar-refractivity contribution >= 4 is 11.9 Å². The minimum absolute atomic E-state index is 0.160. The van der Waals surface area contributed by atoms with Gasteiger partial charge in [-0.3, -0.25) is 15.1 Å². The molecular formula is C23H27N5O. The van der Waals surface area contributed by atoms with Gasteiger partial charge < -0.3 is 10.3 Å². The minimum Gasteiger partial charge on any atom is -0.356 e. The molecule has 0 aliphatic carbocycles. The fourth-order valence-corrected chi connectivity index (χ4v) is 2.93. The third-order valence-electron chi connectivity index (χ3n) is 4.46. The number of aliphatic imine (C=N–C) groups is 1. The Morgan fingerprint density at radius 2 is 1.72 bits per heavy atom. The summed E-state index contributed by atoms with van der Waals surface area (Å²) in [6.07, 6.45) is 7.23. The molecule has 0 spiro atoms. The number of hydrogen-bond donors (Lipinski definition) is 3. The van der Waals surface area contributed by atoms with Crippen molar-refractivity contribution in [3.63, 3.8) is 0 Å². The third kappa shape index (κ3) is 7.25. The number of rotatable bonds is 9. The summed E-state index contributed by atoms with van der Waals surface area (Å²) in [6.45, 7) is 1.35. The molecule has 1 aromatic heterocycles. The van der Waals surface area contributed by atoms with Gasteiger partial charge in [-0.05, 0) is 43.4 Å². The number of hydrogen-bond acceptors (Lipinski definition) is 3. The number of carbonyl (C=O) groups excluding carboxylic acids is 1. The zero-order valence-electron chi connectivity index (χ0n) is 16.5. The van der Waals surface area contributed by atoms with Crippen LogP contribution in [-0.4, -0.2) is 34.9 Å². The molecule has 1 amide bonds. The number of nitrogens with one attached hydrogen (secondary N) is 3. The Hall–Kier alpha value is -3.41. The molecule has 0 saturated carbocycles. The standard InChI is InChI=1S/C23H27N5O/c29-22(20-12-5-2-6-13-20)28-23(26-16-8-14-21-17-24-18-27-21)25-15-7-11-19-9-3-1-4-10-19/h1-6,9-10,12-13,17-18H,7-8,11,14-16H2,(H,24,27)(H2,25,26,28,29). The smallest absolute Gasteiger partial charge is 0.257 e. The van der Waals surface area contributed by atoms with E-state index in [0.717, 1.165) is 31.4 Å². The molecule has 1 heterocycles. The molecule has 2 aromatic carbocycles. The highest BCUT2D eigenvalue weighted by molar-refractivity contribution is 6.05. The Bertz CT molecular complexity index is 876. The maximum Gasteiger partial charge on any atom is 0.257 e. The maximum absolute atomic E-state index is 12.5. The highest BCUT2D eigenvalue weighted by Crippen LogP contribution is 2.03. The van der Waals surface area contributed by atoms with Gasteiger partial charge in [-0.1, -0.05) is 48.5 Å². The Morgan fingerprint density at radius 1 is 0.966 bits per heavy atom. The summed E-state index contributed by atoms with van der Waals surface area (Å²) in [5, 5.41) is 6.17. The van der Waals surface area contributed by atoms with Crippen molar-refractivity contribution in [1.82, 2.24) is 20.6 Å². The van der Waals surface area contributed by atoms with Gasteiger partial charge in [-0.15, -0.1) is 0 Å². The Morgan fingerprint density at radius 3 is 2.45 bits per heavy atom. The number of carbonyl (C=O) groups is 1. The van der Waals surface area contributed by atoms with E-state index in [-0.39, 0.29) is 5.91 Å². The van der Waals surface area contributed by atoms with Crippen LogP contribution in [0.4, 0.5) is 0 Å². The topological polar surface area (TPSA) is 82.2 Å². The van der Waals surface area contributed by atoms with E-state index in [1.165, 1.54) is 5.56 Å². The van der Waals surface area contributed by atoms with Crippen LogP contribution in [0.1, 0.15) is 34.5 Å². The van der Waals surface area contributed by atoms with Gasteiger partial charge in [0.15, 0.2) is 5.96 Å². The molecule has 0 saturated heterocycles. The van der Waals surface area contributed by atoms with E-state index < -0.39 is 0 Å². The van der Waals surface area contributed by atoms with Crippen LogP contribution in [0.15, 0.2) is 78.2 Å². The van der Waals surface area contributed by atoms with E-state index in [1.54, 1.807) is 18.5 Å². The fraction of sp³-hybridized carbons (Fsp3) is 0.261. The SMILES string of the molecule is O=C(NC(=NCCCc1ccccc1)NCCCc1c[nH]cn1)c1ccccc1.